The molecule has 2 aromatic carbocycles. The van der Waals surface area contributed by atoms with Crippen LogP contribution in [0.3, 0.4) is 0 Å². The number of para-hydroxylation sites is 2. The first-order valence-electron chi connectivity index (χ1n) is 8.00. The Morgan fingerprint density at radius 1 is 1.15 bits per heavy atom. The summed E-state index contributed by atoms with van der Waals surface area (Å²) in [5.74, 6) is 0.112. The molecule has 1 amide bonds. The standard InChI is InChI=1S/C18H21ClN2O4S/c1-14(21(26(2,23)24)15-8-4-3-5-9-15)18(22)20-12-13-25-17-11-7-6-10-16(17)19/h3-11,14H,12-13H2,1-2H3,(H,20,22). The summed E-state index contributed by atoms with van der Waals surface area (Å²) in [5, 5.41) is 3.17. The smallest absolute Gasteiger partial charge is 0.243 e. The topological polar surface area (TPSA) is 75.7 Å². The van der Waals surface area contributed by atoms with E-state index in [9.17, 15) is 13.2 Å². The maximum Gasteiger partial charge on any atom is 0.243 e. The van der Waals surface area contributed by atoms with Gasteiger partial charge in [0, 0.05) is 0 Å². The molecule has 2 aromatic rings. The van der Waals surface area contributed by atoms with Gasteiger partial charge in [0.2, 0.25) is 15.9 Å². The first-order valence-corrected chi connectivity index (χ1v) is 10.2. The van der Waals surface area contributed by atoms with Crippen molar-refractivity contribution >= 4 is 33.2 Å². The molecule has 6 nitrogen and oxygen atoms in total. The number of benzene rings is 2. The lowest BCUT2D eigenvalue weighted by atomic mass is 10.2. The molecule has 0 aliphatic heterocycles. The lowest BCUT2D eigenvalue weighted by molar-refractivity contribution is -0.121. The Labute approximate surface area is 158 Å². The molecule has 0 aromatic heterocycles. The van der Waals surface area contributed by atoms with E-state index < -0.39 is 22.0 Å². The zero-order chi connectivity index (χ0) is 19.2. The first-order chi connectivity index (χ1) is 12.3. The Balaban J connectivity index is 1.96. The number of anilines is 1. The van der Waals surface area contributed by atoms with Gasteiger partial charge in [0.15, 0.2) is 0 Å². The molecule has 0 aliphatic rings. The van der Waals surface area contributed by atoms with Gasteiger partial charge in [-0.05, 0) is 31.2 Å². The third-order valence-electron chi connectivity index (χ3n) is 3.59. The van der Waals surface area contributed by atoms with Crippen LogP contribution in [0.5, 0.6) is 5.75 Å². The maximum absolute atomic E-state index is 12.4. The molecule has 1 N–H and O–H groups in total. The predicted molar refractivity (Wildman–Crippen MR) is 103 cm³/mol. The summed E-state index contributed by atoms with van der Waals surface area (Å²) in [7, 11) is -3.62. The Bertz CT molecular complexity index is 843. The van der Waals surface area contributed by atoms with Crippen LogP contribution in [0.2, 0.25) is 5.02 Å². The van der Waals surface area contributed by atoms with Gasteiger partial charge in [0.1, 0.15) is 18.4 Å². The average Bonchev–Trinajstić information content (AvgIpc) is 2.59. The molecule has 0 radical (unpaired) electrons. The fraction of sp³-hybridized carbons (Fsp3) is 0.278. The van der Waals surface area contributed by atoms with Gasteiger partial charge in [0.25, 0.3) is 0 Å². The number of hydrogen-bond acceptors (Lipinski definition) is 4. The van der Waals surface area contributed by atoms with Crippen molar-refractivity contribution in [2.24, 2.45) is 0 Å². The summed E-state index contributed by atoms with van der Waals surface area (Å²) >= 11 is 5.99. The molecule has 0 fully saturated rings. The van der Waals surface area contributed by atoms with Gasteiger partial charge in [0.05, 0.1) is 23.5 Å². The van der Waals surface area contributed by atoms with Gasteiger partial charge < -0.3 is 10.1 Å². The molecule has 8 heteroatoms. The van der Waals surface area contributed by atoms with Crippen LogP contribution in [-0.4, -0.2) is 39.8 Å². The van der Waals surface area contributed by atoms with Gasteiger partial charge >= 0.3 is 0 Å². The lowest BCUT2D eigenvalue weighted by Gasteiger charge is -2.28. The highest BCUT2D eigenvalue weighted by atomic mass is 35.5. The minimum Gasteiger partial charge on any atom is -0.490 e. The number of amides is 1. The van der Waals surface area contributed by atoms with E-state index >= 15 is 0 Å². The second-order valence-electron chi connectivity index (χ2n) is 5.64. The zero-order valence-electron chi connectivity index (χ0n) is 14.6. The highest BCUT2D eigenvalue weighted by molar-refractivity contribution is 7.92. The molecule has 140 valence electrons. The third kappa shape index (κ3) is 5.37. The van der Waals surface area contributed by atoms with Crippen LogP contribution in [0.25, 0.3) is 0 Å². The van der Waals surface area contributed by atoms with Gasteiger partial charge in [-0.2, -0.15) is 0 Å². The molecular formula is C18H21ClN2O4S. The van der Waals surface area contributed by atoms with Crippen molar-refractivity contribution in [3.8, 4) is 5.75 Å². The summed E-state index contributed by atoms with van der Waals surface area (Å²) in [6.45, 7) is 1.98. The lowest BCUT2D eigenvalue weighted by Crippen LogP contribution is -2.48. The van der Waals surface area contributed by atoms with E-state index in [4.69, 9.17) is 16.3 Å². The van der Waals surface area contributed by atoms with E-state index in [2.05, 4.69) is 5.32 Å². The zero-order valence-corrected chi connectivity index (χ0v) is 16.1. The number of nitrogens with zero attached hydrogens (tertiary/aromatic N) is 1. The van der Waals surface area contributed by atoms with Crippen molar-refractivity contribution in [2.75, 3.05) is 23.7 Å². The van der Waals surface area contributed by atoms with Gasteiger partial charge in [-0.3, -0.25) is 9.10 Å². The van der Waals surface area contributed by atoms with Gasteiger partial charge in [-0.25, -0.2) is 8.42 Å². The Kier molecular flexibility index (Phi) is 6.88. The maximum atomic E-state index is 12.4. The van der Waals surface area contributed by atoms with Crippen molar-refractivity contribution in [1.82, 2.24) is 5.32 Å². The molecule has 0 heterocycles. The van der Waals surface area contributed by atoms with E-state index in [0.717, 1.165) is 10.6 Å². The highest BCUT2D eigenvalue weighted by Gasteiger charge is 2.28. The van der Waals surface area contributed by atoms with Crippen LogP contribution in [0.4, 0.5) is 5.69 Å². The summed E-state index contributed by atoms with van der Waals surface area (Å²) in [5.41, 5.74) is 0.435. The first kappa shape index (κ1) is 20.1. The van der Waals surface area contributed by atoms with Crippen LogP contribution in [0, 0.1) is 0 Å². The molecule has 26 heavy (non-hydrogen) atoms. The normalized spacial score (nSPS) is 12.3. The molecular weight excluding hydrogens is 376 g/mol. The quantitative estimate of drug-likeness (QED) is 0.696. The summed E-state index contributed by atoms with van der Waals surface area (Å²) < 4.78 is 30.9. The molecule has 0 spiro atoms. The average molecular weight is 397 g/mol. The molecule has 1 unspecified atom stereocenters. The van der Waals surface area contributed by atoms with Crippen molar-refractivity contribution in [3.63, 3.8) is 0 Å². The van der Waals surface area contributed by atoms with Crippen molar-refractivity contribution in [1.29, 1.82) is 0 Å². The predicted octanol–water partition coefficient (Wildman–Crippen LogP) is 2.69. The van der Waals surface area contributed by atoms with Gasteiger partial charge in [-0.1, -0.05) is 41.9 Å². The number of ether oxygens (including phenoxy) is 1. The highest BCUT2D eigenvalue weighted by Crippen LogP contribution is 2.23. The number of carbonyl (C=O) groups is 1. The van der Waals surface area contributed by atoms with Crippen molar-refractivity contribution in [3.05, 3.63) is 59.6 Å². The Morgan fingerprint density at radius 3 is 2.38 bits per heavy atom. The summed E-state index contributed by atoms with van der Waals surface area (Å²) in [6, 6.07) is 14.6. The molecule has 1 atom stereocenters. The van der Waals surface area contributed by atoms with E-state index in [-0.39, 0.29) is 13.2 Å². The van der Waals surface area contributed by atoms with Crippen LogP contribution in [0.15, 0.2) is 54.6 Å². The number of hydrogen-bond donors (Lipinski definition) is 1. The molecule has 0 saturated heterocycles. The number of rotatable bonds is 8. The number of sulfonamides is 1. The Hall–Kier alpha value is -2.25. The van der Waals surface area contributed by atoms with E-state index in [0.29, 0.717) is 16.5 Å². The minimum atomic E-state index is -3.62. The second-order valence-corrected chi connectivity index (χ2v) is 7.91. The summed E-state index contributed by atoms with van der Waals surface area (Å²) in [4.78, 5) is 12.4. The Morgan fingerprint density at radius 2 is 1.77 bits per heavy atom. The third-order valence-corrected chi connectivity index (χ3v) is 5.15. The van der Waals surface area contributed by atoms with Crippen LogP contribution in [-0.2, 0) is 14.8 Å². The van der Waals surface area contributed by atoms with Crippen molar-refractivity contribution < 1.29 is 17.9 Å². The second kappa shape index (κ2) is 8.91. The number of halogens is 1. The fourth-order valence-corrected chi connectivity index (χ4v) is 3.79. The van der Waals surface area contributed by atoms with Crippen LogP contribution in [0.1, 0.15) is 6.92 Å². The molecule has 0 bridgehead atoms. The molecule has 2 rings (SSSR count). The van der Waals surface area contributed by atoms with E-state index in [1.165, 1.54) is 6.92 Å². The monoisotopic (exact) mass is 396 g/mol. The van der Waals surface area contributed by atoms with E-state index in [1.54, 1.807) is 54.6 Å². The van der Waals surface area contributed by atoms with Crippen molar-refractivity contribution in [2.45, 2.75) is 13.0 Å². The fourth-order valence-electron chi connectivity index (χ4n) is 2.43. The number of carbonyl (C=O) groups excluding carboxylic acids is 1. The molecule has 0 aliphatic carbocycles. The van der Waals surface area contributed by atoms with E-state index in [1.807, 2.05) is 0 Å². The molecule has 0 saturated carbocycles. The minimum absolute atomic E-state index is 0.215. The largest absolute Gasteiger partial charge is 0.490 e. The van der Waals surface area contributed by atoms with Gasteiger partial charge in [-0.15, -0.1) is 0 Å². The SMILES string of the molecule is CC(C(=O)NCCOc1ccccc1Cl)N(c1ccccc1)S(C)(=O)=O. The summed E-state index contributed by atoms with van der Waals surface area (Å²) in [6.07, 6.45) is 1.07. The number of nitrogens with one attached hydrogen (secondary N) is 1. The van der Waals surface area contributed by atoms with Crippen LogP contribution >= 0.6 is 11.6 Å². The van der Waals surface area contributed by atoms with Crippen LogP contribution < -0.4 is 14.4 Å².